The van der Waals surface area contributed by atoms with Crippen molar-refractivity contribution >= 4 is 9.84 Å². The number of sulfone groups is 1. The highest BCUT2D eigenvalue weighted by atomic mass is 32.2. The van der Waals surface area contributed by atoms with E-state index in [0.717, 1.165) is 18.4 Å². The number of hydrogen-bond donors (Lipinski definition) is 1. The molecule has 0 heterocycles. The highest BCUT2D eigenvalue weighted by molar-refractivity contribution is 7.91. The summed E-state index contributed by atoms with van der Waals surface area (Å²) in [7, 11) is -3.12. The van der Waals surface area contributed by atoms with E-state index in [-0.39, 0.29) is 11.8 Å². The molecule has 0 aliphatic rings. The first-order valence-electron chi connectivity index (χ1n) is 6.92. The number of rotatable bonds is 7. The van der Waals surface area contributed by atoms with Gasteiger partial charge in [0.05, 0.1) is 10.6 Å². The van der Waals surface area contributed by atoms with Crippen molar-refractivity contribution in [3.05, 3.63) is 29.8 Å². The Labute approximate surface area is 117 Å². The molecule has 1 rings (SSSR count). The van der Waals surface area contributed by atoms with Crippen LogP contribution in [0.5, 0.6) is 0 Å². The van der Waals surface area contributed by atoms with Crippen LogP contribution < -0.4 is 5.73 Å². The molecule has 0 aliphatic carbocycles. The molecular weight excluding hydrogens is 258 g/mol. The van der Waals surface area contributed by atoms with Crippen LogP contribution in [0.25, 0.3) is 0 Å². The van der Waals surface area contributed by atoms with E-state index in [9.17, 15) is 8.42 Å². The smallest absolute Gasteiger partial charge is 0.178 e. The summed E-state index contributed by atoms with van der Waals surface area (Å²) in [6, 6.07) is 7.49. The fourth-order valence-corrected chi connectivity index (χ4v) is 3.76. The predicted octanol–water partition coefficient (Wildman–Crippen LogP) is 2.79. The second-order valence-electron chi connectivity index (χ2n) is 5.49. The highest BCUT2D eigenvalue weighted by Crippen LogP contribution is 2.18. The summed E-state index contributed by atoms with van der Waals surface area (Å²) in [6.45, 7) is 6.03. The summed E-state index contributed by atoms with van der Waals surface area (Å²) in [5.41, 5.74) is 6.86. The average Bonchev–Trinajstić information content (AvgIpc) is 2.28. The van der Waals surface area contributed by atoms with Gasteiger partial charge in [-0.05, 0) is 49.8 Å². The summed E-state index contributed by atoms with van der Waals surface area (Å²) < 4.78 is 24.1. The standard InChI is InChI=1S/C15H25NO2S/c1-4-8-19(17,18)15-7-5-6-14(11-15)10-12(2)9-13(3)16/h5-7,11-13H,4,8-10,16H2,1-3H3. The molecule has 19 heavy (non-hydrogen) atoms. The second-order valence-corrected chi connectivity index (χ2v) is 7.60. The fourth-order valence-electron chi connectivity index (χ4n) is 2.37. The van der Waals surface area contributed by atoms with E-state index < -0.39 is 9.84 Å². The molecule has 4 heteroatoms. The fraction of sp³-hybridized carbons (Fsp3) is 0.600. The quantitative estimate of drug-likeness (QED) is 0.837. The molecule has 108 valence electrons. The van der Waals surface area contributed by atoms with Crippen molar-refractivity contribution in [2.75, 3.05) is 5.75 Å². The lowest BCUT2D eigenvalue weighted by Crippen LogP contribution is -2.19. The summed E-state index contributed by atoms with van der Waals surface area (Å²) >= 11 is 0. The number of benzene rings is 1. The number of nitrogens with two attached hydrogens (primary N) is 1. The van der Waals surface area contributed by atoms with E-state index in [2.05, 4.69) is 6.92 Å². The SMILES string of the molecule is CCCS(=O)(=O)c1cccc(CC(C)CC(C)N)c1. The molecule has 0 fully saturated rings. The minimum absolute atomic E-state index is 0.182. The van der Waals surface area contributed by atoms with E-state index in [0.29, 0.717) is 17.2 Å². The van der Waals surface area contributed by atoms with Crippen molar-refractivity contribution in [1.82, 2.24) is 0 Å². The molecule has 0 bridgehead atoms. The lowest BCUT2D eigenvalue weighted by molar-refractivity contribution is 0.479. The maximum atomic E-state index is 12.0. The maximum Gasteiger partial charge on any atom is 0.178 e. The lowest BCUT2D eigenvalue weighted by Gasteiger charge is -2.14. The first-order valence-corrected chi connectivity index (χ1v) is 8.57. The first kappa shape index (κ1) is 16.2. The van der Waals surface area contributed by atoms with Gasteiger partial charge in [0.15, 0.2) is 9.84 Å². The van der Waals surface area contributed by atoms with Crippen molar-refractivity contribution in [3.63, 3.8) is 0 Å². The van der Waals surface area contributed by atoms with Gasteiger partial charge in [-0.1, -0.05) is 26.0 Å². The molecule has 2 atom stereocenters. The Kier molecular flexibility index (Phi) is 6.01. The van der Waals surface area contributed by atoms with Gasteiger partial charge in [0.1, 0.15) is 0 Å². The molecule has 2 unspecified atom stereocenters. The molecule has 0 saturated carbocycles. The Morgan fingerprint density at radius 3 is 2.53 bits per heavy atom. The van der Waals surface area contributed by atoms with Crippen LogP contribution in [0.15, 0.2) is 29.2 Å². The zero-order valence-corrected chi connectivity index (χ0v) is 12.9. The minimum Gasteiger partial charge on any atom is -0.328 e. The molecule has 1 aromatic rings. The Bertz CT molecular complexity index is 495. The summed E-state index contributed by atoms with van der Waals surface area (Å²) in [5.74, 6) is 0.676. The minimum atomic E-state index is -3.12. The topological polar surface area (TPSA) is 60.2 Å². The van der Waals surface area contributed by atoms with Gasteiger partial charge in [-0.25, -0.2) is 8.42 Å². The monoisotopic (exact) mass is 283 g/mol. The third-order valence-corrected chi connectivity index (χ3v) is 5.01. The van der Waals surface area contributed by atoms with Crippen LogP contribution in [-0.4, -0.2) is 20.2 Å². The van der Waals surface area contributed by atoms with Gasteiger partial charge in [-0.3, -0.25) is 0 Å². The van der Waals surface area contributed by atoms with E-state index in [1.165, 1.54) is 0 Å². The van der Waals surface area contributed by atoms with Crippen LogP contribution in [0.3, 0.4) is 0 Å². The molecule has 0 aromatic heterocycles. The van der Waals surface area contributed by atoms with Crippen LogP contribution >= 0.6 is 0 Å². The van der Waals surface area contributed by atoms with Crippen molar-refractivity contribution < 1.29 is 8.42 Å². The van der Waals surface area contributed by atoms with Gasteiger partial charge >= 0.3 is 0 Å². The summed E-state index contributed by atoms with van der Waals surface area (Å²) in [4.78, 5) is 0.444. The average molecular weight is 283 g/mol. The molecule has 1 aromatic carbocycles. The zero-order chi connectivity index (χ0) is 14.5. The molecule has 2 N–H and O–H groups in total. The van der Waals surface area contributed by atoms with Crippen molar-refractivity contribution in [2.45, 2.75) is 51.0 Å². The largest absolute Gasteiger partial charge is 0.328 e. The normalized spacial score (nSPS) is 15.2. The molecule has 3 nitrogen and oxygen atoms in total. The molecule has 0 radical (unpaired) electrons. The van der Waals surface area contributed by atoms with Gasteiger partial charge in [0.2, 0.25) is 0 Å². The summed E-state index contributed by atoms with van der Waals surface area (Å²) in [6.07, 6.45) is 2.47. The van der Waals surface area contributed by atoms with Crippen molar-refractivity contribution in [3.8, 4) is 0 Å². The predicted molar refractivity (Wildman–Crippen MR) is 79.9 cm³/mol. The third kappa shape index (κ3) is 5.33. The molecule has 0 aliphatic heterocycles. The van der Waals surface area contributed by atoms with Crippen molar-refractivity contribution in [1.29, 1.82) is 0 Å². The van der Waals surface area contributed by atoms with Crippen LogP contribution in [0.4, 0.5) is 0 Å². The molecule has 0 spiro atoms. The van der Waals surface area contributed by atoms with Crippen molar-refractivity contribution in [2.24, 2.45) is 11.7 Å². The lowest BCUT2D eigenvalue weighted by atomic mass is 9.95. The van der Waals surface area contributed by atoms with Gasteiger partial charge in [0.25, 0.3) is 0 Å². The van der Waals surface area contributed by atoms with Crippen LogP contribution in [0, 0.1) is 5.92 Å². The molecular formula is C15H25NO2S. The van der Waals surface area contributed by atoms with Crippen LogP contribution in [-0.2, 0) is 16.3 Å². The Morgan fingerprint density at radius 1 is 1.26 bits per heavy atom. The Balaban J connectivity index is 2.83. The van der Waals surface area contributed by atoms with Gasteiger partial charge in [-0.15, -0.1) is 0 Å². The highest BCUT2D eigenvalue weighted by Gasteiger charge is 2.14. The second kappa shape index (κ2) is 7.06. The van der Waals surface area contributed by atoms with E-state index in [1.807, 2.05) is 32.0 Å². The third-order valence-electron chi connectivity index (χ3n) is 3.09. The maximum absolute atomic E-state index is 12.0. The van der Waals surface area contributed by atoms with Crippen LogP contribution in [0.1, 0.15) is 39.2 Å². The zero-order valence-electron chi connectivity index (χ0n) is 12.1. The molecule has 0 amide bonds. The van der Waals surface area contributed by atoms with Gasteiger partial charge < -0.3 is 5.73 Å². The number of hydrogen-bond acceptors (Lipinski definition) is 3. The van der Waals surface area contributed by atoms with E-state index in [1.54, 1.807) is 6.07 Å². The first-order chi connectivity index (χ1) is 8.85. The van der Waals surface area contributed by atoms with Gasteiger partial charge in [-0.2, -0.15) is 0 Å². The molecule has 0 saturated heterocycles. The van der Waals surface area contributed by atoms with Crippen LogP contribution in [0.2, 0.25) is 0 Å². The van der Waals surface area contributed by atoms with Gasteiger partial charge in [0, 0.05) is 6.04 Å². The Morgan fingerprint density at radius 2 is 1.95 bits per heavy atom. The summed E-state index contributed by atoms with van der Waals surface area (Å²) in [5, 5.41) is 0. The van der Waals surface area contributed by atoms with E-state index >= 15 is 0 Å². The van der Waals surface area contributed by atoms with E-state index in [4.69, 9.17) is 5.73 Å². The Hall–Kier alpha value is -0.870.